The van der Waals surface area contributed by atoms with Crippen molar-refractivity contribution in [1.29, 1.82) is 0 Å². The Morgan fingerprint density at radius 3 is 1.29 bits per heavy atom. The van der Waals surface area contributed by atoms with E-state index in [2.05, 4.69) is 39.8 Å². The van der Waals surface area contributed by atoms with Crippen molar-refractivity contribution in [2.75, 3.05) is 0 Å². The second-order valence-corrected chi connectivity index (χ2v) is 4.70. The maximum absolute atomic E-state index is 2.25. The summed E-state index contributed by atoms with van der Waals surface area (Å²) in [7, 11) is 0. The molecule has 1 heteroatoms. The molecule has 0 bridgehead atoms. The summed E-state index contributed by atoms with van der Waals surface area (Å²) in [6, 6.07) is 4.51. The minimum Gasteiger partial charge on any atom is -0.145 e. The minimum absolute atomic E-state index is 0. The molecule has 0 fully saturated rings. The molecule has 0 unspecified atom stereocenters. The van der Waals surface area contributed by atoms with Crippen LogP contribution >= 0.6 is 11.3 Å². The molecule has 0 N–H and O–H groups in total. The molecular weight excluding hydrogens is 188 g/mol. The fourth-order valence-corrected chi connectivity index (χ4v) is 2.00. The third-order valence-corrected chi connectivity index (χ3v) is 3.47. The lowest BCUT2D eigenvalue weighted by atomic mass is 10.1. The number of hydrogen-bond acceptors (Lipinski definition) is 1. The van der Waals surface area contributed by atoms with Crippen molar-refractivity contribution in [3.05, 3.63) is 21.9 Å². The molecule has 0 saturated carbocycles. The number of hydrogen-bond donors (Lipinski definition) is 0. The summed E-state index contributed by atoms with van der Waals surface area (Å²) < 4.78 is 0. The minimum atomic E-state index is 0. The highest BCUT2D eigenvalue weighted by molar-refractivity contribution is 7.12. The van der Waals surface area contributed by atoms with Crippen LogP contribution in [0.3, 0.4) is 0 Å². The van der Waals surface area contributed by atoms with Gasteiger partial charge in [-0.3, -0.25) is 0 Å². The van der Waals surface area contributed by atoms with Gasteiger partial charge in [0.2, 0.25) is 0 Å². The highest BCUT2D eigenvalue weighted by atomic mass is 32.1. The maximum Gasteiger partial charge on any atom is 0.00737 e. The monoisotopic (exact) mass is 214 g/mol. The Kier molecular flexibility index (Phi) is 9.28. The maximum atomic E-state index is 2.25. The normalized spacial score (nSPS) is 9.43. The Labute approximate surface area is 94.4 Å². The summed E-state index contributed by atoms with van der Waals surface area (Å²) in [6.45, 7) is 13.0. The highest BCUT2D eigenvalue weighted by Crippen LogP contribution is 2.28. The zero-order valence-electron chi connectivity index (χ0n) is 9.72. The molecule has 14 heavy (non-hydrogen) atoms. The van der Waals surface area contributed by atoms with Crippen LogP contribution in [0.1, 0.15) is 70.6 Å². The van der Waals surface area contributed by atoms with Gasteiger partial charge in [0.25, 0.3) is 0 Å². The van der Waals surface area contributed by atoms with Crippen LogP contribution in [0, 0.1) is 0 Å². The Morgan fingerprint density at radius 1 is 0.857 bits per heavy atom. The molecule has 1 rings (SSSR count). The average molecular weight is 214 g/mol. The van der Waals surface area contributed by atoms with Gasteiger partial charge in [0, 0.05) is 9.75 Å². The Morgan fingerprint density at radius 2 is 1.14 bits per heavy atom. The van der Waals surface area contributed by atoms with Gasteiger partial charge in [-0.1, -0.05) is 49.0 Å². The van der Waals surface area contributed by atoms with Gasteiger partial charge in [-0.15, -0.1) is 11.3 Å². The Hall–Kier alpha value is -0.300. The van der Waals surface area contributed by atoms with Crippen LogP contribution in [0.15, 0.2) is 12.1 Å². The predicted molar refractivity (Wildman–Crippen MR) is 70.6 cm³/mol. The lowest BCUT2D eigenvalue weighted by molar-refractivity contribution is 0.888. The van der Waals surface area contributed by atoms with Gasteiger partial charge < -0.3 is 0 Å². The van der Waals surface area contributed by atoms with Gasteiger partial charge in [-0.25, -0.2) is 0 Å². The van der Waals surface area contributed by atoms with E-state index in [1.807, 2.05) is 25.2 Å². The van der Waals surface area contributed by atoms with Crippen LogP contribution < -0.4 is 0 Å². The van der Waals surface area contributed by atoms with Gasteiger partial charge in [-0.05, 0) is 24.0 Å². The largest absolute Gasteiger partial charge is 0.145 e. The van der Waals surface area contributed by atoms with E-state index >= 15 is 0 Å². The standard InChI is InChI=1S/C10H16S.C2H6.CH4/c1-7(2)9-5-6-10(11-9)8(3)4;1-2;/h5-8H,1-4H3;1-2H3;1H4. The quantitative estimate of drug-likeness (QED) is 0.596. The zero-order valence-corrected chi connectivity index (χ0v) is 10.5. The second-order valence-electron chi connectivity index (χ2n) is 3.55. The summed E-state index contributed by atoms with van der Waals surface area (Å²) in [5.74, 6) is 1.37. The molecule has 0 aliphatic heterocycles. The van der Waals surface area contributed by atoms with E-state index in [9.17, 15) is 0 Å². The first kappa shape index (κ1) is 16.1. The number of rotatable bonds is 2. The van der Waals surface area contributed by atoms with Crippen molar-refractivity contribution < 1.29 is 0 Å². The molecule has 0 nitrogen and oxygen atoms in total. The molecule has 0 atom stereocenters. The van der Waals surface area contributed by atoms with Crippen LogP contribution in [-0.2, 0) is 0 Å². The molecule has 0 aromatic carbocycles. The fourth-order valence-electron chi connectivity index (χ4n) is 0.989. The van der Waals surface area contributed by atoms with Crippen LogP contribution in [0.5, 0.6) is 0 Å². The first-order valence-electron chi connectivity index (χ1n) is 5.21. The predicted octanol–water partition coefficient (Wildman–Crippen LogP) is 5.66. The average Bonchev–Trinajstić information content (AvgIpc) is 2.56. The summed E-state index contributed by atoms with van der Waals surface area (Å²) in [5, 5.41) is 0. The van der Waals surface area contributed by atoms with Crippen LogP contribution in [0.4, 0.5) is 0 Å². The SMILES string of the molecule is C.CC.CC(C)c1ccc(C(C)C)s1. The van der Waals surface area contributed by atoms with Crippen LogP contribution in [-0.4, -0.2) is 0 Å². The van der Waals surface area contributed by atoms with Crippen LogP contribution in [0.2, 0.25) is 0 Å². The summed E-state index contributed by atoms with van der Waals surface area (Å²) in [4.78, 5) is 3.02. The van der Waals surface area contributed by atoms with Crippen molar-refractivity contribution in [3.8, 4) is 0 Å². The van der Waals surface area contributed by atoms with Gasteiger partial charge in [0.05, 0.1) is 0 Å². The molecule has 1 aromatic heterocycles. The van der Waals surface area contributed by atoms with Crippen molar-refractivity contribution in [2.45, 2.75) is 60.8 Å². The van der Waals surface area contributed by atoms with Gasteiger partial charge in [0.15, 0.2) is 0 Å². The molecular formula is C13H26S. The first-order valence-corrected chi connectivity index (χ1v) is 6.02. The second kappa shape index (κ2) is 8.05. The molecule has 0 spiro atoms. The lowest BCUT2D eigenvalue weighted by Gasteiger charge is -2.00. The summed E-state index contributed by atoms with van der Waals surface area (Å²) in [6.07, 6.45) is 0. The van der Waals surface area contributed by atoms with E-state index in [4.69, 9.17) is 0 Å². The molecule has 1 heterocycles. The summed E-state index contributed by atoms with van der Waals surface area (Å²) in [5.41, 5.74) is 0. The molecule has 0 amide bonds. The van der Waals surface area contributed by atoms with Crippen molar-refractivity contribution in [2.24, 2.45) is 0 Å². The lowest BCUT2D eigenvalue weighted by Crippen LogP contribution is -1.79. The van der Waals surface area contributed by atoms with E-state index in [0.29, 0.717) is 11.8 Å². The smallest absolute Gasteiger partial charge is 0.00737 e. The Balaban J connectivity index is 0. The molecule has 1 aromatic rings. The van der Waals surface area contributed by atoms with Crippen molar-refractivity contribution >= 4 is 11.3 Å². The third kappa shape index (κ3) is 4.80. The molecule has 0 aliphatic carbocycles. The molecule has 0 aliphatic rings. The fraction of sp³-hybridized carbons (Fsp3) is 0.692. The van der Waals surface area contributed by atoms with E-state index in [0.717, 1.165) is 0 Å². The molecule has 84 valence electrons. The van der Waals surface area contributed by atoms with E-state index in [1.54, 1.807) is 0 Å². The first-order chi connectivity index (χ1) is 6.11. The van der Waals surface area contributed by atoms with Gasteiger partial charge >= 0.3 is 0 Å². The van der Waals surface area contributed by atoms with E-state index in [-0.39, 0.29) is 7.43 Å². The Bertz CT molecular complexity index is 198. The third-order valence-electron chi connectivity index (χ3n) is 1.79. The molecule has 0 saturated heterocycles. The van der Waals surface area contributed by atoms with E-state index in [1.165, 1.54) is 9.75 Å². The number of thiophene rings is 1. The van der Waals surface area contributed by atoms with Gasteiger partial charge in [0.1, 0.15) is 0 Å². The topological polar surface area (TPSA) is 0 Å². The van der Waals surface area contributed by atoms with Crippen molar-refractivity contribution in [3.63, 3.8) is 0 Å². The van der Waals surface area contributed by atoms with Gasteiger partial charge in [-0.2, -0.15) is 0 Å². The van der Waals surface area contributed by atoms with Crippen molar-refractivity contribution in [1.82, 2.24) is 0 Å². The zero-order chi connectivity index (χ0) is 10.4. The summed E-state index contributed by atoms with van der Waals surface area (Å²) >= 11 is 1.95. The molecule has 0 radical (unpaired) electrons. The van der Waals surface area contributed by atoms with E-state index < -0.39 is 0 Å². The van der Waals surface area contributed by atoms with Crippen LogP contribution in [0.25, 0.3) is 0 Å². The highest BCUT2D eigenvalue weighted by Gasteiger charge is 2.05.